The van der Waals surface area contributed by atoms with Crippen molar-refractivity contribution in [3.05, 3.63) is 79.1 Å². The summed E-state index contributed by atoms with van der Waals surface area (Å²) in [5.74, 6) is 0. The number of thiophene rings is 1. The molecule has 2 aromatic heterocycles. The molecule has 4 rings (SSSR count). The summed E-state index contributed by atoms with van der Waals surface area (Å²) in [7, 11) is 0. The number of nitrogens with zero attached hydrogens (tertiary/aromatic N) is 1. The van der Waals surface area contributed by atoms with Crippen molar-refractivity contribution >= 4 is 31.5 Å². The van der Waals surface area contributed by atoms with E-state index in [4.69, 9.17) is 0 Å². The van der Waals surface area contributed by atoms with Crippen LogP contribution in [0.25, 0.3) is 20.2 Å². The van der Waals surface area contributed by atoms with E-state index >= 15 is 0 Å². The maximum atomic E-state index is 3.78. The molecule has 2 heterocycles. The molecule has 0 unspecified atom stereocenters. The van der Waals surface area contributed by atoms with Gasteiger partial charge in [-0.25, -0.2) is 0 Å². The molecule has 0 fully saturated rings. The van der Waals surface area contributed by atoms with Gasteiger partial charge in [-0.1, -0.05) is 42.5 Å². The molecule has 0 saturated heterocycles. The van der Waals surface area contributed by atoms with Crippen molar-refractivity contribution in [3.63, 3.8) is 0 Å². The van der Waals surface area contributed by atoms with E-state index in [9.17, 15) is 0 Å². The number of rotatable bonds is 0. The minimum Gasteiger partial charge on any atom is -0.265 e. The molecular weight excluding hydrogens is 250 g/mol. The zero-order chi connectivity index (χ0) is 12.9. The van der Waals surface area contributed by atoms with Gasteiger partial charge in [-0.15, -0.1) is 11.3 Å². The van der Waals surface area contributed by atoms with Crippen LogP contribution in [-0.4, -0.2) is 4.98 Å². The first-order valence-electron chi connectivity index (χ1n) is 6.16. The smallest absolute Gasteiger partial charge is 0.0355 e. The van der Waals surface area contributed by atoms with Gasteiger partial charge < -0.3 is 0 Å². The van der Waals surface area contributed by atoms with Gasteiger partial charge >= 0.3 is 0 Å². The lowest BCUT2D eigenvalue weighted by atomic mass is 10.2. The summed E-state index contributed by atoms with van der Waals surface area (Å²) in [6.45, 7) is 0. The van der Waals surface area contributed by atoms with Gasteiger partial charge in [0, 0.05) is 32.6 Å². The van der Waals surface area contributed by atoms with E-state index in [1.54, 1.807) is 12.4 Å². The third-order valence-electron chi connectivity index (χ3n) is 2.85. The van der Waals surface area contributed by atoms with E-state index in [2.05, 4.69) is 53.5 Å². The van der Waals surface area contributed by atoms with Crippen LogP contribution in [0.2, 0.25) is 0 Å². The summed E-state index contributed by atoms with van der Waals surface area (Å²) in [4.78, 5) is 3.78. The second kappa shape index (κ2) is 5.63. The summed E-state index contributed by atoms with van der Waals surface area (Å²) in [6.07, 6.45) is 3.50. The highest BCUT2D eigenvalue weighted by molar-refractivity contribution is 7.25. The largest absolute Gasteiger partial charge is 0.265 e. The summed E-state index contributed by atoms with van der Waals surface area (Å²) >= 11 is 1.86. The van der Waals surface area contributed by atoms with E-state index in [1.807, 2.05) is 29.5 Å². The average molecular weight is 263 g/mol. The molecule has 0 spiro atoms. The molecule has 0 saturated carbocycles. The third-order valence-corrected chi connectivity index (χ3v) is 4.00. The number of fused-ring (bicyclic) bond motifs is 3. The van der Waals surface area contributed by atoms with Crippen molar-refractivity contribution in [1.29, 1.82) is 0 Å². The van der Waals surface area contributed by atoms with Crippen LogP contribution in [0.5, 0.6) is 0 Å². The van der Waals surface area contributed by atoms with Gasteiger partial charge in [0.15, 0.2) is 0 Å². The molecule has 4 aromatic rings. The number of pyridine rings is 1. The van der Waals surface area contributed by atoms with Gasteiger partial charge in [0.05, 0.1) is 0 Å². The topological polar surface area (TPSA) is 12.9 Å². The Bertz CT molecular complexity index is 698. The lowest BCUT2D eigenvalue weighted by Gasteiger charge is -1.88. The van der Waals surface area contributed by atoms with Gasteiger partial charge in [0.25, 0.3) is 0 Å². The number of hydrogen-bond donors (Lipinski definition) is 0. The SMILES string of the molecule is c1ccc2c(c1)sc1ccccc12.c1ccncc1. The Kier molecular flexibility index (Phi) is 3.52. The summed E-state index contributed by atoms with van der Waals surface area (Å²) in [6, 6.07) is 22.8. The Labute approximate surface area is 116 Å². The fourth-order valence-electron chi connectivity index (χ4n) is 1.99. The molecule has 0 N–H and O–H groups in total. The van der Waals surface area contributed by atoms with Crippen molar-refractivity contribution in [2.75, 3.05) is 0 Å². The first-order chi connectivity index (χ1) is 9.45. The molecule has 1 nitrogen and oxygen atoms in total. The second-order valence-electron chi connectivity index (χ2n) is 4.12. The Morgan fingerprint density at radius 3 is 1.53 bits per heavy atom. The van der Waals surface area contributed by atoms with Gasteiger partial charge in [-0.2, -0.15) is 0 Å². The van der Waals surface area contributed by atoms with Crippen LogP contribution in [0.4, 0.5) is 0 Å². The monoisotopic (exact) mass is 263 g/mol. The highest BCUT2D eigenvalue weighted by atomic mass is 32.1. The van der Waals surface area contributed by atoms with Gasteiger partial charge in [0.2, 0.25) is 0 Å². The quantitative estimate of drug-likeness (QED) is 0.428. The fraction of sp³-hybridized carbons (Fsp3) is 0. The summed E-state index contributed by atoms with van der Waals surface area (Å²) < 4.78 is 2.76. The number of aromatic nitrogens is 1. The van der Waals surface area contributed by atoms with Crippen LogP contribution in [0.3, 0.4) is 0 Å². The van der Waals surface area contributed by atoms with Gasteiger partial charge in [0.1, 0.15) is 0 Å². The molecule has 0 aliphatic carbocycles. The van der Waals surface area contributed by atoms with Crippen LogP contribution < -0.4 is 0 Å². The van der Waals surface area contributed by atoms with Crippen molar-refractivity contribution in [2.24, 2.45) is 0 Å². The Balaban J connectivity index is 0.000000155. The minimum absolute atomic E-state index is 1.38. The first-order valence-corrected chi connectivity index (χ1v) is 6.98. The van der Waals surface area contributed by atoms with Crippen LogP contribution in [0.1, 0.15) is 0 Å². The first kappa shape index (κ1) is 11.9. The van der Waals surface area contributed by atoms with Crippen LogP contribution in [0, 0.1) is 0 Å². The summed E-state index contributed by atoms with van der Waals surface area (Å²) in [5, 5.41) is 2.76. The molecule has 2 aromatic carbocycles. The predicted octanol–water partition coefficient (Wildman–Crippen LogP) is 5.14. The van der Waals surface area contributed by atoms with Gasteiger partial charge in [-0.05, 0) is 24.3 Å². The van der Waals surface area contributed by atoms with Crippen molar-refractivity contribution in [1.82, 2.24) is 4.98 Å². The summed E-state index contributed by atoms with van der Waals surface area (Å²) in [5.41, 5.74) is 0. The normalized spacial score (nSPS) is 10.1. The van der Waals surface area contributed by atoms with E-state index in [0.29, 0.717) is 0 Å². The molecule has 0 amide bonds. The highest BCUT2D eigenvalue weighted by Crippen LogP contribution is 2.32. The molecule has 2 heteroatoms. The molecule has 92 valence electrons. The Morgan fingerprint density at radius 1 is 0.579 bits per heavy atom. The lowest BCUT2D eigenvalue weighted by Crippen LogP contribution is -1.62. The van der Waals surface area contributed by atoms with Crippen LogP contribution in [0.15, 0.2) is 79.1 Å². The van der Waals surface area contributed by atoms with E-state index in [0.717, 1.165) is 0 Å². The predicted molar refractivity (Wildman–Crippen MR) is 83.6 cm³/mol. The number of hydrogen-bond acceptors (Lipinski definition) is 2. The van der Waals surface area contributed by atoms with Crippen molar-refractivity contribution < 1.29 is 0 Å². The van der Waals surface area contributed by atoms with Crippen LogP contribution in [-0.2, 0) is 0 Å². The van der Waals surface area contributed by atoms with Crippen molar-refractivity contribution in [2.45, 2.75) is 0 Å². The molecule has 0 aliphatic rings. The standard InChI is InChI=1S/C12H8S.C5H5N/c1-3-7-11-9(5-1)10-6-2-4-8-12(10)13-11;1-2-4-6-5-3-1/h1-8H;1-5H. The Hall–Kier alpha value is -2.19. The Morgan fingerprint density at radius 2 is 1.11 bits per heavy atom. The molecule has 0 radical (unpaired) electrons. The van der Waals surface area contributed by atoms with E-state index in [-0.39, 0.29) is 0 Å². The molecule has 0 atom stereocenters. The second-order valence-corrected chi connectivity index (χ2v) is 5.20. The maximum Gasteiger partial charge on any atom is 0.0355 e. The zero-order valence-electron chi connectivity index (χ0n) is 10.4. The molecule has 0 bridgehead atoms. The molecular formula is C17H13NS. The highest BCUT2D eigenvalue weighted by Gasteiger charge is 2.01. The maximum absolute atomic E-state index is 3.78. The zero-order valence-corrected chi connectivity index (χ0v) is 11.2. The molecule has 19 heavy (non-hydrogen) atoms. The third kappa shape index (κ3) is 2.64. The fourth-order valence-corrected chi connectivity index (χ4v) is 3.09. The average Bonchev–Trinajstić information content (AvgIpc) is 2.88. The minimum atomic E-state index is 1.38. The van der Waals surface area contributed by atoms with E-state index < -0.39 is 0 Å². The van der Waals surface area contributed by atoms with Crippen molar-refractivity contribution in [3.8, 4) is 0 Å². The van der Waals surface area contributed by atoms with E-state index in [1.165, 1.54) is 20.2 Å². The molecule has 0 aliphatic heterocycles. The lowest BCUT2D eigenvalue weighted by molar-refractivity contribution is 1.33. The number of benzene rings is 2. The van der Waals surface area contributed by atoms with Gasteiger partial charge in [-0.3, -0.25) is 4.98 Å². The van der Waals surface area contributed by atoms with Crippen LogP contribution >= 0.6 is 11.3 Å².